The lowest BCUT2D eigenvalue weighted by Gasteiger charge is -2.17. The molecular weight excluding hydrogens is 346 g/mol. The van der Waals surface area contributed by atoms with E-state index in [4.69, 9.17) is 0 Å². The number of halogens is 1. The first kappa shape index (κ1) is 16.7. The van der Waals surface area contributed by atoms with Crippen molar-refractivity contribution in [1.82, 2.24) is 24.9 Å². The zero-order valence-corrected chi connectivity index (χ0v) is 15.2. The predicted octanol–water partition coefficient (Wildman–Crippen LogP) is 2.92. The van der Waals surface area contributed by atoms with Gasteiger partial charge in [0.15, 0.2) is 0 Å². The van der Waals surface area contributed by atoms with Gasteiger partial charge in [-0.05, 0) is 50.5 Å². The summed E-state index contributed by atoms with van der Waals surface area (Å²) in [5.41, 5.74) is 2.85. The molecule has 0 aromatic carbocycles. The van der Waals surface area contributed by atoms with Crippen LogP contribution in [0.1, 0.15) is 49.8 Å². The first-order chi connectivity index (χ1) is 10.3. The second-order valence-electron chi connectivity index (χ2n) is 5.47. The van der Waals surface area contributed by atoms with Crippen LogP contribution in [-0.2, 0) is 11.3 Å². The summed E-state index contributed by atoms with van der Waals surface area (Å²) >= 11 is 3.42. The molecular formula is C15H22BrN5O. The Morgan fingerprint density at radius 2 is 1.95 bits per heavy atom. The number of hydrogen-bond donors (Lipinski definition) is 1. The highest BCUT2D eigenvalue weighted by atomic mass is 79.9. The molecule has 120 valence electrons. The third-order valence-electron chi connectivity index (χ3n) is 3.77. The Hall–Kier alpha value is -1.63. The Bertz CT molecular complexity index is 656. The molecule has 0 radical (unpaired) electrons. The van der Waals surface area contributed by atoms with E-state index >= 15 is 0 Å². The van der Waals surface area contributed by atoms with Crippen molar-refractivity contribution < 1.29 is 4.79 Å². The molecule has 1 N–H and O–H groups in total. The molecule has 2 heterocycles. The maximum atomic E-state index is 12.4. The molecule has 2 atom stereocenters. The highest BCUT2D eigenvalue weighted by Crippen LogP contribution is 2.19. The lowest BCUT2D eigenvalue weighted by Crippen LogP contribution is -2.33. The number of carbonyl (C=O) groups is 1. The monoisotopic (exact) mass is 367 g/mol. The largest absolute Gasteiger partial charge is 0.348 e. The van der Waals surface area contributed by atoms with E-state index in [-0.39, 0.29) is 18.0 Å². The van der Waals surface area contributed by atoms with Crippen LogP contribution in [-0.4, -0.2) is 25.5 Å². The lowest BCUT2D eigenvalue weighted by atomic mass is 10.1. The number of nitrogens with zero attached hydrogens (tertiary/aromatic N) is 4. The molecule has 0 aliphatic rings. The smallest absolute Gasteiger partial charge is 0.245 e. The highest BCUT2D eigenvalue weighted by Gasteiger charge is 2.21. The lowest BCUT2D eigenvalue weighted by molar-refractivity contribution is -0.124. The van der Waals surface area contributed by atoms with Crippen LogP contribution in [0, 0.1) is 13.8 Å². The van der Waals surface area contributed by atoms with Gasteiger partial charge in [0.25, 0.3) is 0 Å². The van der Waals surface area contributed by atoms with Crippen molar-refractivity contribution in [2.45, 2.75) is 53.2 Å². The second-order valence-corrected chi connectivity index (χ2v) is 6.33. The van der Waals surface area contributed by atoms with Crippen molar-refractivity contribution in [1.29, 1.82) is 0 Å². The fourth-order valence-electron chi connectivity index (χ4n) is 2.31. The van der Waals surface area contributed by atoms with Crippen molar-refractivity contribution in [3.05, 3.63) is 33.8 Å². The molecule has 2 rings (SSSR count). The Kier molecular flexibility index (Phi) is 5.05. The maximum absolute atomic E-state index is 12.4. The summed E-state index contributed by atoms with van der Waals surface area (Å²) in [5.74, 6) is -0.0638. The summed E-state index contributed by atoms with van der Waals surface area (Å²) in [5, 5.41) is 11.8. The van der Waals surface area contributed by atoms with Crippen LogP contribution in [0.4, 0.5) is 0 Å². The van der Waals surface area contributed by atoms with Gasteiger partial charge < -0.3 is 5.32 Å². The molecule has 0 fully saturated rings. The van der Waals surface area contributed by atoms with Crippen LogP contribution in [0.25, 0.3) is 0 Å². The maximum Gasteiger partial charge on any atom is 0.245 e. The predicted molar refractivity (Wildman–Crippen MR) is 88.6 cm³/mol. The summed E-state index contributed by atoms with van der Waals surface area (Å²) in [6, 6.07) is -0.454. The fraction of sp³-hybridized carbons (Fsp3) is 0.533. The first-order valence-electron chi connectivity index (χ1n) is 7.39. The van der Waals surface area contributed by atoms with Gasteiger partial charge in [-0.2, -0.15) is 10.2 Å². The van der Waals surface area contributed by atoms with E-state index in [9.17, 15) is 4.79 Å². The number of hydrogen-bond acceptors (Lipinski definition) is 3. The number of nitrogens with one attached hydrogen (secondary N) is 1. The summed E-state index contributed by atoms with van der Waals surface area (Å²) in [6.45, 7) is 10.5. The minimum atomic E-state index is -0.367. The Labute approximate surface area is 139 Å². The Morgan fingerprint density at radius 1 is 1.27 bits per heavy atom. The molecule has 0 aliphatic carbocycles. The number of aryl methyl sites for hydroxylation is 3. The number of amides is 1. The van der Waals surface area contributed by atoms with Crippen molar-refractivity contribution in [2.24, 2.45) is 0 Å². The molecule has 0 saturated carbocycles. The Morgan fingerprint density at radius 3 is 2.45 bits per heavy atom. The van der Waals surface area contributed by atoms with Crippen LogP contribution in [0.3, 0.4) is 0 Å². The van der Waals surface area contributed by atoms with E-state index in [0.717, 1.165) is 28.0 Å². The van der Waals surface area contributed by atoms with E-state index in [1.807, 2.05) is 51.7 Å². The number of aromatic nitrogens is 4. The Balaban J connectivity index is 2.08. The molecule has 1 amide bonds. The molecule has 2 aromatic rings. The third-order valence-corrected chi connectivity index (χ3v) is 4.55. The zero-order chi connectivity index (χ0) is 16.4. The molecule has 0 bridgehead atoms. The summed E-state index contributed by atoms with van der Waals surface area (Å²) in [7, 11) is 0. The zero-order valence-electron chi connectivity index (χ0n) is 13.6. The van der Waals surface area contributed by atoms with Crippen LogP contribution in [0.5, 0.6) is 0 Å². The summed E-state index contributed by atoms with van der Waals surface area (Å²) in [6.07, 6.45) is 3.81. The van der Waals surface area contributed by atoms with Crippen LogP contribution in [0.15, 0.2) is 16.9 Å². The van der Waals surface area contributed by atoms with Gasteiger partial charge in [0.05, 0.1) is 21.9 Å². The van der Waals surface area contributed by atoms with Crippen molar-refractivity contribution >= 4 is 21.8 Å². The fourth-order valence-corrected chi connectivity index (χ4v) is 2.60. The average Bonchev–Trinajstić information content (AvgIpc) is 3.01. The van der Waals surface area contributed by atoms with E-state index in [2.05, 4.69) is 31.4 Å². The molecule has 0 unspecified atom stereocenters. The van der Waals surface area contributed by atoms with Crippen LogP contribution >= 0.6 is 15.9 Å². The van der Waals surface area contributed by atoms with Gasteiger partial charge >= 0.3 is 0 Å². The van der Waals surface area contributed by atoms with Crippen LogP contribution < -0.4 is 5.32 Å². The molecule has 0 spiro atoms. The SMILES string of the molecule is CCn1cc([C@@H](C)NC(=O)[C@@H](C)n2cc(Br)c(C)n2)c(C)n1. The van der Waals surface area contributed by atoms with Crippen molar-refractivity contribution in [3.63, 3.8) is 0 Å². The van der Waals surface area contributed by atoms with Crippen molar-refractivity contribution in [2.75, 3.05) is 0 Å². The quantitative estimate of drug-likeness (QED) is 0.883. The molecule has 22 heavy (non-hydrogen) atoms. The summed E-state index contributed by atoms with van der Waals surface area (Å²) in [4.78, 5) is 12.4. The van der Waals surface area contributed by atoms with Crippen molar-refractivity contribution in [3.8, 4) is 0 Å². The minimum Gasteiger partial charge on any atom is -0.348 e. The number of rotatable bonds is 5. The summed E-state index contributed by atoms with van der Waals surface area (Å²) < 4.78 is 4.45. The average molecular weight is 368 g/mol. The van der Waals surface area contributed by atoms with E-state index < -0.39 is 0 Å². The van der Waals surface area contributed by atoms with Gasteiger partial charge in [-0.25, -0.2) is 0 Å². The van der Waals surface area contributed by atoms with Gasteiger partial charge in [0, 0.05) is 24.5 Å². The standard InChI is InChI=1S/C15H22BrN5O/c1-6-20-7-13(10(3)18-20)9(2)17-15(22)12(5)21-8-14(16)11(4)19-21/h7-9,12H,6H2,1-5H3,(H,17,22)/t9-,12-/m1/s1. The van der Waals surface area contributed by atoms with E-state index in [1.165, 1.54) is 0 Å². The highest BCUT2D eigenvalue weighted by molar-refractivity contribution is 9.10. The second kappa shape index (κ2) is 6.64. The number of carbonyl (C=O) groups excluding carboxylic acids is 1. The first-order valence-corrected chi connectivity index (χ1v) is 8.18. The molecule has 7 heteroatoms. The molecule has 0 saturated heterocycles. The van der Waals surface area contributed by atoms with E-state index in [1.54, 1.807) is 4.68 Å². The van der Waals surface area contributed by atoms with Gasteiger partial charge in [-0.3, -0.25) is 14.2 Å². The van der Waals surface area contributed by atoms with Crippen LogP contribution in [0.2, 0.25) is 0 Å². The molecule has 2 aromatic heterocycles. The minimum absolute atomic E-state index is 0.0638. The topological polar surface area (TPSA) is 64.7 Å². The van der Waals surface area contributed by atoms with Gasteiger partial charge in [0.2, 0.25) is 5.91 Å². The van der Waals surface area contributed by atoms with E-state index in [0.29, 0.717) is 0 Å². The normalized spacial score (nSPS) is 13.9. The van der Waals surface area contributed by atoms with Gasteiger partial charge in [-0.15, -0.1) is 0 Å². The molecule has 0 aliphatic heterocycles. The van der Waals surface area contributed by atoms with Gasteiger partial charge in [-0.1, -0.05) is 0 Å². The third kappa shape index (κ3) is 3.40. The van der Waals surface area contributed by atoms with Gasteiger partial charge in [0.1, 0.15) is 6.04 Å². The molecule has 6 nitrogen and oxygen atoms in total.